The fourth-order valence-corrected chi connectivity index (χ4v) is 6.32. The number of anilines is 1. The van der Waals surface area contributed by atoms with E-state index in [-0.39, 0.29) is 11.3 Å². The van der Waals surface area contributed by atoms with Crippen molar-refractivity contribution in [2.45, 2.75) is 18.9 Å². The monoisotopic (exact) mass is 615 g/mol. The molecule has 0 bridgehead atoms. The van der Waals surface area contributed by atoms with E-state index >= 15 is 0 Å². The third-order valence-electron chi connectivity index (χ3n) is 5.84. The van der Waals surface area contributed by atoms with Crippen LogP contribution in [0.3, 0.4) is 0 Å². The number of carbonyl (C=O) groups is 1. The van der Waals surface area contributed by atoms with Gasteiger partial charge in [0.05, 0.1) is 15.9 Å². The number of halogens is 2. The Kier molecular flexibility index (Phi) is 7.41. The number of nitrogens with zero attached hydrogens (tertiary/aromatic N) is 1. The Morgan fingerprint density at radius 1 is 1.03 bits per heavy atom. The summed E-state index contributed by atoms with van der Waals surface area (Å²) in [5.41, 5.74) is 2.95. The zero-order valence-electron chi connectivity index (χ0n) is 19.0. The quantitative estimate of drug-likeness (QED) is 0.199. The molecule has 178 valence electrons. The molecule has 0 saturated carbocycles. The summed E-state index contributed by atoms with van der Waals surface area (Å²) in [6.07, 6.45) is 0. The Morgan fingerprint density at radius 3 is 2.60 bits per heavy atom. The molecule has 4 nitrogen and oxygen atoms in total. The Balaban J connectivity index is 1.46. The van der Waals surface area contributed by atoms with Gasteiger partial charge in [-0.3, -0.25) is 9.69 Å². The van der Waals surface area contributed by atoms with Gasteiger partial charge in [0.25, 0.3) is 0 Å². The molecular weight excluding hydrogens is 593 g/mol. The highest BCUT2D eigenvalue weighted by atomic mass is 127. The van der Waals surface area contributed by atoms with Crippen molar-refractivity contribution in [3.8, 4) is 11.5 Å². The molecule has 1 saturated heterocycles. The van der Waals surface area contributed by atoms with E-state index in [4.69, 9.17) is 21.1 Å². The molecule has 0 aliphatic carbocycles. The van der Waals surface area contributed by atoms with E-state index in [9.17, 15) is 4.79 Å². The lowest BCUT2D eigenvalue weighted by molar-refractivity contribution is -0.115. The van der Waals surface area contributed by atoms with E-state index in [1.807, 2.05) is 54.3 Å². The maximum Gasteiger partial charge on any atom is 0.238 e. The van der Waals surface area contributed by atoms with Gasteiger partial charge in [0.1, 0.15) is 12.0 Å². The van der Waals surface area contributed by atoms with Crippen molar-refractivity contribution >= 4 is 68.3 Å². The lowest BCUT2D eigenvalue weighted by atomic mass is 10.1. The van der Waals surface area contributed by atoms with Crippen LogP contribution < -0.4 is 14.4 Å². The third kappa shape index (κ3) is 5.10. The van der Waals surface area contributed by atoms with Crippen molar-refractivity contribution in [1.82, 2.24) is 0 Å². The minimum absolute atomic E-state index is 0.0755. The number of ether oxygens (including phenoxy) is 2. The highest BCUT2D eigenvalue weighted by Gasteiger charge is 2.35. The number of hydrogen-bond acceptors (Lipinski definition) is 4. The number of fused-ring (bicyclic) bond motifs is 1. The summed E-state index contributed by atoms with van der Waals surface area (Å²) < 4.78 is 13.3. The molecule has 35 heavy (non-hydrogen) atoms. The second-order valence-corrected chi connectivity index (χ2v) is 10.8. The average Bonchev–Trinajstić information content (AvgIpc) is 3.25. The number of carbonyl (C=O) groups excluding carboxylic acids is 1. The second kappa shape index (κ2) is 10.7. The predicted molar refractivity (Wildman–Crippen MR) is 153 cm³/mol. The molecule has 1 fully saturated rings. The van der Waals surface area contributed by atoms with Crippen LogP contribution in [0.4, 0.5) is 5.69 Å². The molecule has 1 amide bonds. The molecule has 1 heterocycles. The van der Waals surface area contributed by atoms with Crippen molar-refractivity contribution in [1.29, 1.82) is 0 Å². The van der Waals surface area contributed by atoms with E-state index in [0.29, 0.717) is 29.7 Å². The van der Waals surface area contributed by atoms with Crippen LogP contribution in [-0.4, -0.2) is 18.3 Å². The van der Waals surface area contributed by atoms with Crippen molar-refractivity contribution in [2.75, 3.05) is 17.3 Å². The minimum atomic E-state index is -0.150. The molecule has 0 unspecified atom stereocenters. The molecule has 1 atom stereocenters. The van der Waals surface area contributed by atoms with Crippen LogP contribution in [0, 0.1) is 3.57 Å². The number of thioether (sulfide) groups is 1. The second-order valence-electron chi connectivity index (χ2n) is 8.09. The fraction of sp³-hybridized carbons (Fsp3) is 0.179. The van der Waals surface area contributed by atoms with Gasteiger partial charge in [0.15, 0.2) is 11.5 Å². The number of benzene rings is 4. The van der Waals surface area contributed by atoms with Crippen LogP contribution in [0.2, 0.25) is 5.02 Å². The zero-order chi connectivity index (χ0) is 24.4. The number of amides is 1. The molecular formula is C28H23ClINO3S. The Hall–Kier alpha value is -2.42. The van der Waals surface area contributed by atoms with Gasteiger partial charge < -0.3 is 9.47 Å². The van der Waals surface area contributed by atoms with Crippen molar-refractivity contribution in [3.05, 3.63) is 98.6 Å². The minimum Gasteiger partial charge on any atom is -0.490 e. The van der Waals surface area contributed by atoms with Gasteiger partial charge in [-0.05, 0) is 87.8 Å². The van der Waals surface area contributed by atoms with Gasteiger partial charge >= 0.3 is 0 Å². The summed E-state index contributed by atoms with van der Waals surface area (Å²) >= 11 is 9.97. The molecule has 0 radical (unpaired) electrons. The summed E-state index contributed by atoms with van der Waals surface area (Å²) in [7, 11) is 0. The van der Waals surface area contributed by atoms with E-state index in [0.717, 1.165) is 26.1 Å². The van der Waals surface area contributed by atoms with E-state index in [2.05, 4.69) is 59.0 Å². The number of rotatable bonds is 7. The predicted octanol–water partition coefficient (Wildman–Crippen LogP) is 7.85. The maximum atomic E-state index is 12.8. The smallest absolute Gasteiger partial charge is 0.238 e. The lowest BCUT2D eigenvalue weighted by Crippen LogP contribution is -2.27. The zero-order valence-corrected chi connectivity index (χ0v) is 22.8. The van der Waals surface area contributed by atoms with Gasteiger partial charge in [-0.2, -0.15) is 0 Å². The van der Waals surface area contributed by atoms with Crippen molar-refractivity contribution in [3.63, 3.8) is 0 Å². The molecule has 5 rings (SSSR count). The Morgan fingerprint density at radius 2 is 1.80 bits per heavy atom. The highest BCUT2D eigenvalue weighted by molar-refractivity contribution is 14.1. The van der Waals surface area contributed by atoms with E-state index < -0.39 is 0 Å². The Bertz CT molecular complexity index is 1370. The number of hydrogen-bond donors (Lipinski definition) is 0. The first-order chi connectivity index (χ1) is 17.0. The normalized spacial score (nSPS) is 15.6. The first-order valence-corrected chi connectivity index (χ1v) is 13.8. The van der Waals surface area contributed by atoms with Crippen LogP contribution in [0.25, 0.3) is 10.8 Å². The first kappa shape index (κ1) is 24.3. The van der Waals surface area contributed by atoms with Gasteiger partial charge in [-0.25, -0.2) is 0 Å². The molecule has 0 spiro atoms. The lowest BCUT2D eigenvalue weighted by Gasteiger charge is -2.26. The van der Waals surface area contributed by atoms with Crippen LogP contribution >= 0.6 is 46.0 Å². The summed E-state index contributed by atoms with van der Waals surface area (Å²) in [5, 5.41) is 2.86. The summed E-state index contributed by atoms with van der Waals surface area (Å²) in [6, 6.07) is 26.0. The van der Waals surface area contributed by atoms with Crippen LogP contribution in [0.1, 0.15) is 23.4 Å². The summed E-state index contributed by atoms with van der Waals surface area (Å²) in [4.78, 5) is 14.6. The van der Waals surface area contributed by atoms with Crippen molar-refractivity contribution in [2.24, 2.45) is 0 Å². The molecule has 7 heteroatoms. The van der Waals surface area contributed by atoms with Crippen LogP contribution in [-0.2, 0) is 11.4 Å². The largest absolute Gasteiger partial charge is 0.490 e. The summed E-state index contributed by atoms with van der Waals surface area (Å²) in [6.45, 7) is 2.91. The molecule has 1 aliphatic rings. The van der Waals surface area contributed by atoms with Gasteiger partial charge in [0, 0.05) is 10.7 Å². The van der Waals surface area contributed by atoms with E-state index in [1.54, 1.807) is 11.8 Å². The molecule has 4 aromatic rings. The molecule has 0 N–H and O–H groups in total. The van der Waals surface area contributed by atoms with Crippen molar-refractivity contribution < 1.29 is 14.3 Å². The fourth-order valence-electron chi connectivity index (χ4n) is 4.25. The van der Waals surface area contributed by atoms with Gasteiger partial charge in [0.2, 0.25) is 5.91 Å². The Labute approximate surface area is 227 Å². The van der Waals surface area contributed by atoms with Gasteiger partial charge in [-0.15, -0.1) is 11.8 Å². The van der Waals surface area contributed by atoms with Gasteiger partial charge in [-0.1, -0.05) is 54.1 Å². The highest BCUT2D eigenvalue weighted by Crippen LogP contribution is 2.45. The standard InChI is InChI=1S/C28H23ClINO3S/c1-2-33-25-15-20(28-31(26(32)17-35-28)22-12-10-21(29)11-13-22)14-24(30)27(25)34-16-19-8-5-7-18-6-3-4-9-23(18)19/h3-15,28H,2,16-17H2,1H3/t28-/m1/s1. The third-order valence-corrected chi connectivity index (χ3v) is 8.11. The van der Waals surface area contributed by atoms with E-state index in [1.165, 1.54) is 10.8 Å². The topological polar surface area (TPSA) is 38.8 Å². The molecule has 1 aliphatic heterocycles. The van der Waals surface area contributed by atoms with Crippen LogP contribution in [0.15, 0.2) is 78.9 Å². The average molecular weight is 616 g/mol. The first-order valence-electron chi connectivity index (χ1n) is 11.3. The molecule has 4 aromatic carbocycles. The SMILES string of the molecule is CCOc1cc([C@H]2SCC(=O)N2c2ccc(Cl)cc2)cc(I)c1OCc1cccc2ccccc12. The summed E-state index contributed by atoms with van der Waals surface area (Å²) in [5.74, 6) is 1.90. The van der Waals surface area contributed by atoms with Crippen LogP contribution in [0.5, 0.6) is 11.5 Å². The maximum absolute atomic E-state index is 12.8. The molecule has 0 aromatic heterocycles.